The van der Waals surface area contributed by atoms with E-state index >= 15 is 0 Å². The second-order valence-corrected chi connectivity index (χ2v) is 14.8. The Kier molecular flexibility index (Phi) is 13.7. The van der Waals surface area contributed by atoms with E-state index in [2.05, 4.69) is 99.7 Å². The maximum atomic E-state index is 6.27. The van der Waals surface area contributed by atoms with Crippen LogP contribution in [0.5, 0.6) is 0 Å². The van der Waals surface area contributed by atoms with Crippen LogP contribution in [0.15, 0.2) is 109 Å². The summed E-state index contributed by atoms with van der Waals surface area (Å²) >= 11 is 11.7. The average molecular weight is 700 g/mol. The van der Waals surface area contributed by atoms with E-state index in [0.29, 0.717) is 0 Å². The van der Waals surface area contributed by atoms with Crippen molar-refractivity contribution in [1.29, 1.82) is 0 Å². The van der Waals surface area contributed by atoms with Crippen LogP contribution in [0.2, 0.25) is 23.1 Å². The van der Waals surface area contributed by atoms with E-state index in [1.54, 1.807) is 0 Å². The van der Waals surface area contributed by atoms with E-state index < -0.39 is 20.8 Å². The van der Waals surface area contributed by atoms with Crippen molar-refractivity contribution in [1.82, 2.24) is 0 Å². The van der Waals surface area contributed by atoms with Crippen LogP contribution in [0, 0.1) is 13.8 Å². The second-order valence-electron chi connectivity index (χ2n) is 9.21. The molecule has 6 aromatic rings. The van der Waals surface area contributed by atoms with Crippen LogP contribution in [0.25, 0.3) is 43.8 Å². The second kappa shape index (κ2) is 16.7. The molecule has 0 unspecified atom stereocenters. The van der Waals surface area contributed by atoms with Crippen molar-refractivity contribution in [3.63, 3.8) is 0 Å². The summed E-state index contributed by atoms with van der Waals surface area (Å²) in [7, 11) is 11.0. The summed E-state index contributed by atoms with van der Waals surface area (Å²) < 4.78 is 0. The fourth-order valence-corrected chi connectivity index (χ4v) is 5.07. The summed E-state index contributed by atoms with van der Waals surface area (Å²) in [6, 6.07) is 37.5. The van der Waals surface area contributed by atoms with Gasteiger partial charge in [-0.25, -0.2) is 0 Å². The molecule has 6 heteroatoms. The number of benzene rings is 4. The summed E-state index contributed by atoms with van der Waals surface area (Å²) in [6.45, 7) is 8.55. The first-order valence-corrected chi connectivity index (χ1v) is 21.8. The summed E-state index contributed by atoms with van der Waals surface area (Å²) in [6.07, 6.45) is 0. The summed E-state index contributed by atoms with van der Waals surface area (Å²) in [4.78, 5) is 0. The normalized spacial score (nSPS) is 10.0. The summed E-state index contributed by atoms with van der Waals surface area (Å²) in [5.41, 5.74) is 7.21. The molecule has 0 aliphatic heterocycles. The number of halogens is 4. The van der Waals surface area contributed by atoms with Crippen LogP contribution in [0.1, 0.15) is 11.1 Å². The number of hydrogen-bond acceptors (Lipinski definition) is 0. The van der Waals surface area contributed by atoms with E-state index in [1.165, 1.54) is 43.8 Å². The predicted molar refractivity (Wildman–Crippen MR) is 179 cm³/mol. The van der Waals surface area contributed by atoms with E-state index in [-0.39, 0.29) is 0 Å². The molecule has 0 fully saturated rings. The Morgan fingerprint density at radius 1 is 0.550 bits per heavy atom. The molecule has 0 heterocycles. The third kappa shape index (κ3) is 8.68. The monoisotopic (exact) mass is 696 g/mol. The Bertz CT molecular complexity index is 1530. The molecular formula is C34H30Cl4SiZr. The van der Waals surface area contributed by atoms with Gasteiger partial charge in [-0.05, 0) is 23.3 Å². The first kappa shape index (κ1) is 32.9. The van der Waals surface area contributed by atoms with Gasteiger partial charge in [0.15, 0.2) is 0 Å². The molecule has 0 saturated carbocycles. The predicted octanol–water partition coefficient (Wildman–Crippen LogP) is 12.5. The number of rotatable bonds is 2. The Morgan fingerprint density at radius 3 is 1.23 bits per heavy atom. The SMILES string of the molecule is C[Si]C.Cc1cc2c(-c3ccccc3Cl)cccc2[cH-]1.Cc1cc2c(-c3ccccc3Cl)cccc2[cH-]1.[Cl][Zr+2][Cl]. The molecule has 6 rings (SSSR count). The Morgan fingerprint density at radius 2 is 0.875 bits per heavy atom. The Hall–Kier alpha value is -1.64. The van der Waals surface area contributed by atoms with Crippen molar-refractivity contribution >= 4 is 71.3 Å². The van der Waals surface area contributed by atoms with Gasteiger partial charge in [0.25, 0.3) is 0 Å². The van der Waals surface area contributed by atoms with Gasteiger partial charge in [-0.3, -0.25) is 0 Å². The molecule has 0 atom stereocenters. The first-order chi connectivity index (χ1) is 19.3. The van der Waals surface area contributed by atoms with Crippen LogP contribution < -0.4 is 0 Å². The molecule has 6 aromatic carbocycles. The minimum absolute atomic E-state index is 0.804. The van der Waals surface area contributed by atoms with Gasteiger partial charge in [0.1, 0.15) is 0 Å². The third-order valence-electron chi connectivity index (χ3n) is 6.12. The summed E-state index contributed by atoms with van der Waals surface area (Å²) in [5.74, 6) is 0. The zero-order valence-electron chi connectivity index (χ0n) is 22.9. The molecule has 0 aliphatic rings. The van der Waals surface area contributed by atoms with Crippen LogP contribution >= 0.6 is 40.2 Å². The molecular weight excluding hydrogens is 669 g/mol. The Balaban J connectivity index is 0.000000185. The van der Waals surface area contributed by atoms with Gasteiger partial charge < -0.3 is 0 Å². The zero-order chi connectivity index (χ0) is 29.1. The van der Waals surface area contributed by atoms with Crippen LogP contribution in [-0.2, 0) is 20.8 Å². The van der Waals surface area contributed by atoms with Crippen molar-refractivity contribution in [2.24, 2.45) is 0 Å². The Labute approximate surface area is 269 Å². The van der Waals surface area contributed by atoms with Gasteiger partial charge in [-0.1, -0.05) is 110 Å². The molecule has 0 nitrogen and oxygen atoms in total. The fraction of sp³-hybridized carbons (Fsp3) is 0.118. The molecule has 0 aromatic heterocycles. The van der Waals surface area contributed by atoms with E-state index in [0.717, 1.165) is 30.7 Å². The van der Waals surface area contributed by atoms with Crippen molar-refractivity contribution < 1.29 is 20.8 Å². The topological polar surface area (TPSA) is 0 Å². The van der Waals surface area contributed by atoms with Gasteiger partial charge in [-0.15, -0.1) is 69.1 Å². The molecule has 0 N–H and O–H groups in total. The van der Waals surface area contributed by atoms with Crippen LogP contribution in [0.3, 0.4) is 0 Å². The van der Waals surface area contributed by atoms with E-state index in [9.17, 15) is 0 Å². The summed E-state index contributed by atoms with van der Waals surface area (Å²) in [5, 5.41) is 6.72. The maximum absolute atomic E-state index is 6.27. The molecule has 2 radical (unpaired) electrons. The quantitative estimate of drug-likeness (QED) is 0.125. The first-order valence-electron chi connectivity index (χ1n) is 12.7. The molecule has 0 bridgehead atoms. The fourth-order valence-electron chi connectivity index (χ4n) is 4.60. The van der Waals surface area contributed by atoms with Crippen molar-refractivity contribution in [2.75, 3.05) is 0 Å². The molecule has 40 heavy (non-hydrogen) atoms. The van der Waals surface area contributed by atoms with Crippen LogP contribution in [0.4, 0.5) is 0 Å². The van der Waals surface area contributed by atoms with Crippen molar-refractivity contribution in [3.05, 3.63) is 130 Å². The van der Waals surface area contributed by atoms with E-state index in [1.807, 2.05) is 36.4 Å². The molecule has 0 amide bonds. The zero-order valence-corrected chi connectivity index (χ0v) is 29.4. The van der Waals surface area contributed by atoms with Crippen molar-refractivity contribution in [3.8, 4) is 22.3 Å². The van der Waals surface area contributed by atoms with Gasteiger partial charge in [0, 0.05) is 19.6 Å². The van der Waals surface area contributed by atoms with E-state index in [4.69, 9.17) is 40.2 Å². The van der Waals surface area contributed by atoms with Crippen molar-refractivity contribution in [2.45, 2.75) is 26.9 Å². The number of aryl methyl sites for hydroxylation is 2. The third-order valence-corrected chi connectivity index (χ3v) is 6.78. The standard InChI is InChI=1S/2C16H12Cl.C2H6Si.2ClH.Zr/c2*1-11-9-12-5-4-7-13(15(12)10-11)14-6-2-3-8-16(14)17;1-3-2;;;/h2*2-10H,1H3;1-2H3;2*1H;/q2*-1;;;;+4/p-2. The van der Waals surface area contributed by atoms with Gasteiger partial charge in [0.2, 0.25) is 0 Å². The molecule has 202 valence electrons. The molecule has 0 spiro atoms. The van der Waals surface area contributed by atoms with Gasteiger partial charge >= 0.3 is 37.9 Å². The molecule has 0 aliphatic carbocycles. The molecule has 0 saturated heterocycles. The van der Waals surface area contributed by atoms with Gasteiger partial charge in [-0.2, -0.15) is 12.1 Å². The average Bonchev–Trinajstić information content (AvgIpc) is 3.51. The van der Waals surface area contributed by atoms with Gasteiger partial charge in [0.05, 0.1) is 0 Å². The number of fused-ring (bicyclic) bond motifs is 2. The number of hydrogen-bond donors (Lipinski definition) is 0. The minimum atomic E-state index is -0.826. The van der Waals surface area contributed by atoms with Crippen LogP contribution in [-0.4, -0.2) is 9.52 Å².